The van der Waals surface area contributed by atoms with Crippen LogP contribution in [0.2, 0.25) is 0 Å². The van der Waals surface area contributed by atoms with Crippen molar-refractivity contribution in [1.29, 1.82) is 0 Å². The van der Waals surface area contributed by atoms with Crippen molar-refractivity contribution < 1.29 is 13.5 Å². The zero-order valence-electron chi connectivity index (χ0n) is 18.1. The van der Waals surface area contributed by atoms with E-state index in [1.165, 1.54) is 37.1 Å². The highest BCUT2D eigenvalue weighted by Crippen LogP contribution is 2.28. The summed E-state index contributed by atoms with van der Waals surface area (Å²) < 4.78 is 31.5. The van der Waals surface area contributed by atoms with Gasteiger partial charge in [-0.05, 0) is 61.8 Å². The smallest absolute Gasteiger partial charge is 0.280 e. The number of methoxy groups -OCH3 is 1. The van der Waals surface area contributed by atoms with Gasteiger partial charge in [0.2, 0.25) is 0 Å². The predicted molar refractivity (Wildman–Crippen MR) is 128 cm³/mol. The number of thioether (sulfide) groups is 1. The van der Waals surface area contributed by atoms with Crippen LogP contribution < -0.4 is 15.5 Å². The van der Waals surface area contributed by atoms with Gasteiger partial charge in [0, 0.05) is 23.1 Å². The van der Waals surface area contributed by atoms with Crippen LogP contribution in [0.5, 0.6) is 5.75 Å². The second-order valence-electron chi connectivity index (χ2n) is 7.56. The Morgan fingerprint density at radius 3 is 2.78 bits per heavy atom. The van der Waals surface area contributed by atoms with Crippen LogP contribution in [0.1, 0.15) is 61.0 Å². The lowest BCUT2D eigenvalue weighted by molar-refractivity contribution is 0.145. The molecule has 1 aliphatic rings. The van der Waals surface area contributed by atoms with Crippen molar-refractivity contribution in [2.45, 2.75) is 62.4 Å². The molecule has 0 radical (unpaired) electrons. The van der Waals surface area contributed by atoms with E-state index in [-0.39, 0.29) is 5.69 Å². The summed E-state index contributed by atoms with van der Waals surface area (Å²) in [6.07, 6.45) is 5.07. The number of aromatic nitrogens is 2. The van der Waals surface area contributed by atoms with Crippen molar-refractivity contribution in [3.05, 3.63) is 46.8 Å². The van der Waals surface area contributed by atoms with E-state index in [1.54, 1.807) is 20.2 Å². The molecule has 0 amide bonds. The Kier molecular flexibility index (Phi) is 9.16. The molecule has 6 nitrogen and oxygen atoms in total. The zero-order valence-corrected chi connectivity index (χ0v) is 19.7. The minimum Gasteiger partial charge on any atom is -0.496 e. The number of ether oxygens (including phenoxy) is 1. The number of halogens is 2. The summed E-state index contributed by atoms with van der Waals surface area (Å²) in [6.45, 7) is 1.68. The average Bonchev–Trinajstić information content (AvgIpc) is 2.78. The van der Waals surface area contributed by atoms with Gasteiger partial charge in [0.05, 0.1) is 13.3 Å². The Morgan fingerprint density at radius 2 is 2.06 bits per heavy atom. The first-order valence-corrected chi connectivity index (χ1v) is 11.9. The summed E-state index contributed by atoms with van der Waals surface area (Å²) in [7, 11) is 1.59. The van der Waals surface area contributed by atoms with Gasteiger partial charge in [0.1, 0.15) is 11.4 Å². The molecule has 0 atom stereocenters. The van der Waals surface area contributed by atoms with E-state index in [1.807, 2.05) is 18.2 Å². The highest BCUT2D eigenvalue weighted by atomic mass is 32.2. The molecule has 0 saturated heterocycles. The van der Waals surface area contributed by atoms with E-state index < -0.39 is 6.43 Å². The Labute approximate surface area is 196 Å². The summed E-state index contributed by atoms with van der Waals surface area (Å²) in [4.78, 5) is 8.19. The average molecular weight is 480 g/mol. The number of nitrogens with zero attached hydrogens (tertiary/aromatic N) is 3. The largest absolute Gasteiger partial charge is 0.496 e. The van der Waals surface area contributed by atoms with Crippen LogP contribution in [-0.2, 0) is 5.75 Å². The van der Waals surface area contributed by atoms with Crippen molar-refractivity contribution in [3.63, 3.8) is 0 Å². The fraction of sp³-hybridized carbons (Fsp3) is 0.455. The molecule has 2 aromatic rings. The molecule has 3 rings (SSSR count). The quantitative estimate of drug-likeness (QED) is 0.178. The molecule has 1 aliphatic carbocycles. The molecule has 0 aliphatic heterocycles. The second-order valence-corrected chi connectivity index (χ2v) is 8.91. The summed E-state index contributed by atoms with van der Waals surface area (Å²) >= 11 is 6.60. The van der Waals surface area contributed by atoms with Gasteiger partial charge in [-0.25, -0.2) is 18.7 Å². The van der Waals surface area contributed by atoms with Crippen LogP contribution in [0.4, 0.5) is 8.78 Å². The topological polar surface area (TPSA) is 71.4 Å². The van der Waals surface area contributed by atoms with E-state index in [4.69, 9.17) is 17.0 Å². The Balaban J connectivity index is 1.61. The van der Waals surface area contributed by atoms with Crippen molar-refractivity contribution in [2.75, 3.05) is 7.11 Å². The lowest BCUT2D eigenvalue weighted by Crippen LogP contribution is -2.40. The number of thiocarbonyl (C=S) groups is 1. The van der Waals surface area contributed by atoms with Crippen LogP contribution in [0.25, 0.3) is 0 Å². The fourth-order valence-electron chi connectivity index (χ4n) is 3.51. The summed E-state index contributed by atoms with van der Waals surface area (Å²) in [6, 6.07) is 7.37. The van der Waals surface area contributed by atoms with E-state index in [0.717, 1.165) is 24.0 Å². The van der Waals surface area contributed by atoms with Gasteiger partial charge in [-0.1, -0.05) is 31.0 Å². The summed E-state index contributed by atoms with van der Waals surface area (Å²) in [5.74, 6) is 1.16. The number of aryl methyl sites for hydroxylation is 1. The third kappa shape index (κ3) is 7.37. The van der Waals surface area contributed by atoms with Crippen molar-refractivity contribution in [2.24, 2.45) is 5.10 Å². The molecule has 1 saturated carbocycles. The molecule has 0 bridgehead atoms. The first-order chi connectivity index (χ1) is 15.4. The van der Waals surface area contributed by atoms with Crippen molar-refractivity contribution >= 4 is 35.3 Å². The minimum absolute atomic E-state index is 0.267. The standard InChI is InChI=1S/C22H27F2N5OS2/c1-14-10-18(20(23)24)28-22(26-14)32-13-16-11-15(8-9-19(16)30-2)12-25-29-21(31)27-17-6-4-3-5-7-17/h8-12,17,20H,3-7,13H2,1-2H3,(H2,27,29,31)/b25-12-. The monoisotopic (exact) mass is 479 g/mol. The first kappa shape index (κ1) is 24.3. The predicted octanol–water partition coefficient (Wildman–Crippen LogP) is 5.15. The molecule has 2 N–H and O–H groups in total. The molecule has 1 aromatic heterocycles. The number of rotatable bonds is 8. The molecule has 32 heavy (non-hydrogen) atoms. The third-order valence-electron chi connectivity index (χ3n) is 5.06. The number of alkyl halides is 2. The van der Waals surface area contributed by atoms with E-state index >= 15 is 0 Å². The number of nitrogens with one attached hydrogen (secondary N) is 2. The second kappa shape index (κ2) is 12.1. The van der Waals surface area contributed by atoms with Crippen LogP contribution in [-0.4, -0.2) is 34.4 Å². The molecule has 1 fully saturated rings. The zero-order chi connectivity index (χ0) is 22.9. The van der Waals surface area contributed by atoms with Gasteiger partial charge in [0.25, 0.3) is 6.43 Å². The Bertz CT molecular complexity index is 952. The van der Waals surface area contributed by atoms with E-state index in [0.29, 0.717) is 33.5 Å². The fourth-order valence-corrected chi connectivity index (χ4v) is 4.61. The molecule has 1 aromatic carbocycles. The highest BCUT2D eigenvalue weighted by Gasteiger charge is 2.14. The molecule has 1 heterocycles. The van der Waals surface area contributed by atoms with Crippen LogP contribution in [0, 0.1) is 6.92 Å². The molecule has 0 unspecified atom stereocenters. The Hall–Kier alpha value is -2.33. The van der Waals surface area contributed by atoms with Gasteiger partial charge in [-0.2, -0.15) is 5.10 Å². The number of hydrazone groups is 1. The van der Waals surface area contributed by atoms with Gasteiger partial charge >= 0.3 is 0 Å². The van der Waals surface area contributed by atoms with Gasteiger partial charge in [-0.3, -0.25) is 5.43 Å². The SMILES string of the molecule is COc1ccc(/C=N\NC(=S)NC2CCCCC2)cc1CSc1nc(C)cc(C(F)F)n1. The highest BCUT2D eigenvalue weighted by molar-refractivity contribution is 7.98. The first-order valence-electron chi connectivity index (χ1n) is 10.5. The van der Waals surface area contributed by atoms with E-state index in [9.17, 15) is 8.78 Å². The van der Waals surface area contributed by atoms with Crippen molar-refractivity contribution in [1.82, 2.24) is 20.7 Å². The van der Waals surface area contributed by atoms with Crippen molar-refractivity contribution in [3.8, 4) is 5.75 Å². The maximum absolute atomic E-state index is 13.0. The molecular formula is C22H27F2N5OS2. The maximum Gasteiger partial charge on any atom is 0.280 e. The Morgan fingerprint density at radius 1 is 1.28 bits per heavy atom. The van der Waals surface area contributed by atoms with Gasteiger partial charge in [0.15, 0.2) is 10.3 Å². The molecule has 0 spiro atoms. The number of hydrogen-bond donors (Lipinski definition) is 2. The number of benzene rings is 1. The number of hydrogen-bond acceptors (Lipinski definition) is 6. The lowest BCUT2D eigenvalue weighted by Gasteiger charge is -2.23. The summed E-state index contributed by atoms with van der Waals surface area (Å²) in [5.41, 5.74) is 4.85. The maximum atomic E-state index is 13.0. The summed E-state index contributed by atoms with van der Waals surface area (Å²) in [5, 5.41) is 8.36. The lowest BCUT2D eigenvalue weighted by atomic mass is 9.96. The van der Waals surface area contributed by atoms with Gasteiger partial charge < -0.3 is 10.1 Å². The molecule has 10 heteroatoms. The molecule has 172 valence electrons. The van der Waals surface area contributed by atoms with Crippen LogP contribution >= 0.6 is 24.0 Å². The van der Waals surface area contributed by atoms with Gasteiger partial charge in [-0.15, -0.1) is 0 Å². The van der Waals surface area contributed by atoms with Crippen LogP contribution in [0.3, 0.4) is 0 Å². The van der Waals surface area contributed by atoms with E-state index in [2.05, 4.69) is 25.8 Å². The van der Waals surface area contributed by atoms with Crippen LogP contribution in [0.15, 0.2) is 34.5 Å². The normalized spacial score (nSPS) is 14.7. The molecular weight excluding hydrogens is 452 g/mol. The third-order valence-corrected chi connectivity index (χ3v) is 6.16. The minimum atomic E-state index is -2.63.